The molecule has 1 aromatic rings. The third-order valence-electron chi connectivity index (χ3n) is 2.04. The van der Waals surface area contributed by atoms with E-state index >= 15 is 0 Å². The fourth-order valence-corrected chi connectivity index (χ4v) is 1.28. The Hall–Kier alpha value is -2.10. The number of aliphatic hydroxyl groups is 1. The Labute approximate surface area is 106 Å². The summed E-state index contributed by atoms with van der Waals surface area (Å²) in [6.45, 7) is -2.10. The molecular formula is C9H12F3N5O2. The van der Waals surface area contributed by atoms with Crippen LogP contribution in [0.5, 0.6) is 0 Å². The SMILES string of the molecule is N/C(=N/O)c1ccnc(N(CCO)CC(F)(F)F)n1. The van der Waals surface area contributed by atoms with Crippen molar-refractivity contribution >= 4 is 11.8 Å². The zero-order valence-corrected chi connectivity index (χ0v) is 9.67. The number of aliphatic hydroxyl groups excluding tert-OH is 1. The first-order valence-corrected chi connectivity index (χ1v) is 5.11. The van der Waals surface area contributed by atoms with Gasteiger partial charge >= 0.3 is 6.18 Å². The van der Waals surface area contributed by atoms with Crippen LogP contribution in [-0.4, -0.2) is 52.0 Å². The maximum atomic E-state index is 12.4. The largest absolute Gasteiger partial charge is 0.409 e. The number of anilines is 1. The lowest BCUT2D eigenvalue weighted by atomic mass is 10.4. The number of aromatic nitrogens is 2. The number of hydrogen-bond acceptors (Lipinski definition) is 6. The van der Waals surface area contributed by atoms with Crippen LogP contribution in [0.1, 0.15) is 5.69 Å². The topological polar surface area (TPSA) is 108 Å². The van der Waals surface area contributed by atoms with Crippen molar-refractivity contribution in [2.75, 3.05) is 24.6 Å². The van der Waals surface area contributed by atoms with E-state index in [0.717, 1.165) is 4.90 Å². The Bertz CT molecular complexity index is 452. The molecule has 106 valence electrons. The molecule has 0 saturated heterocycles. The molecule has 1 heterocycles. The molecule has 10 heteroatoms. The summed E-state index contributed by atoms with van der Waals surface area (Å²) < 4.78 is 37.1. The Morgan fingerprint density at radius 2 is 2.16 bits per heavy atom. The second kappa shape index (κ2) is 6.18. The number of halogens is 3. The molecule has 0 fully saturated rings. The summed E-state index contributed by atoms with van der Waals surface area (Å²) in [6.07, 6.45) is -3.29. The molecule has 0 unspecified atom stereocenters. The van der Waals surface area contributed by atoms with Crippen LogP contribution >= 0.6 is 0 Å². The standard InChI is InChI=1S/C9H12F3N5O2/c10-9(11,12)5-17(3-4-18)8-14-2-1-6(15-8)7(13)16-19/h1-2,18-19H,3-5H2,(H2,13,16). The van der Waals surface area contributed by atoms with Gasteiger partial charge in [0, 0.05) is 12.7 Å². The quantitative estimate of drug-likeness (QED) is 0.301. The van der Waals surface area contributed by atoms with E-state index in [4.69, 9.17) is 16.0 Å². The number of alkyl halides is 3. The highest BCUT2D eigenvalue weighted by Crippen LogP contribution is 2.19. The molecule has 1 aromatic heterocycles. The third-order valence-corrected chi connectivity index (χ3v) is 2.04. The van der Waals surface area contributed by atoms with Crippen LogP contribution in [0.2, 0.25) is 0 Å². The molecule has 0 saturated carbocycles. The minimum atomic E-state index is -4.47. The first-order valence-electron chi connectivity index (χ1n) is 5.11. The molecule has 7 nitrogen and oxygen atoms in total. The highest BCUT2D eigenvalue weighted by Gasteiger charge is 2.31. The van der Waals surface area contributed by atoms with Crippen LogP contribution in [0.25, 0.3) is 0 Å². The van der Waals surface area contributed by atoms with Crippen molar-refractivity contribution in [3.63, 3.8) is 0 Å². The predicted octanol–water partition coefficient (Wildman–Crippen LogP) is -0.0679. The van der Waals surface area contributed by atoms with E-state index in [9.17, 15) is 13.2 Å². The van der Waals surface area contributed by atoms with Gasteiger partial charge in [0.1, 0.15) is 12.2 Å². The summed E-state index contributed by atoms with van der Waals surface area (Å²) in [6, 6.07) is 1.28. The Balaban J connectivity index is 3.02. The lowest BCUT2D eigenvalue weighted by Crippen LogP contribution is -2.37. The van der Waals surface area contributed by atoms with Crippen molar-refractivity contribution in [1.29, 1.82) is 0 Å². The normalized spacial score (nSPS) is 12.5. The highest BCUT2D eigenvalue weighted by atomic mass is 19.4. The van der Waals surface area contributed by atoms with Crippen molar-refractivity contribution < 1.29 is 23.5 Å². The molecule has 1 rings (SSSR count). The van der Waals surface area contributed by atoms with Gasteiger partial charge in [-0.05, 0) is 6.07 Å². The summed E-state index contributed by atoms with van der Waals surface area (Å²) >= 11 is 0. The number of amidine groups is 1. The summed E-state index contributed by atoms with van der Waals surface area (Å²) in [5.74, 6) is -0.616. The van der Waals surface area contributed by atoms with Gasteiger partial charge in [0.05, 0.1) is 6.61 Å². The van der Waals surface area contributed by atoms with Gasteiger partial charge in [-0.25, -0.2) is 9.97 Å². The van der Waals surface area contributed by atoms with Gasteiger partial charge in [0.15, 0.2) is 5.84 Å². The van der Waals surface area contributed by atoms with Crippen molar-refractivity contribution in [2.45, 2.75) is 6.18 Å². The summed E-state index contributed by atoms with van der Waals surface area (Å²) in [4.78, 5) is 8.15. The lowest BCUT2D eigenvalue weighted by molar-refractivity contribution is -0.120. The van der Waals surface area contributed by atoms with E-state index in [1.54, 1.807) is 0 Å². The van der Waals surface area contributed by atoms with Crippen LogP contribution < -0.4 is 10.6 Å². The minimum Gasteiger partial charge on any atom is -0.409 e. The molecule has 0 spiro atoms. The van der Waals surface area contributed by atoms with Crippen molar-refractivity contribution in [2.24, 2.45) is 10.9 Å². The second-order valence-electron chi connectivity index (χ2n) is 3.49. The minimum absolute atomic E-state index is 0.0161. The summed E-state index contributed by atoms with van der Waals surface area (Å²) in [7, 11) is 0. The van der Waals surface area contributed by atoms with Crippen LogP contribution in [0.4, 0.5) is 19.1 Å². The zero-order valence-electron chi connectivity index (χ0n) is 9.67. The van der Waals surface area contributed by atoms with Crippen LogP contribution in [0.15, 0.2) is 17.4 Å². The molecule has 0 bridgehead atoms. The van der Waals surface area contributed by atoms with Gasteiger partial charge in [-0.2, -0.15) is 13.2 Å². The summed E-state index contributed by atoms with van der Waals surface area (Å²) in [5.41, 5.74) is 5.27. The van der Waals surface area contributed by atoms with Gasteiger partial charge in [0.2, 0.25) is 5.95 Å². The van der Waals surface area contributed by atoms with E-state index in [1.807, 2.05) is 0 Å². The van der Waals surface area contributed by atoms with Crippen LogP contribution in [-0.2, 0) is 0 Å². The number of nitrogens with zero attached hydrogens (tertiary/aromatic N) is 4. The molecule has 19 heavy (non-hydrogen) atoms. The van der Waals surface area contributed by atoms with E-state index in [-0.39, 0.29) is 24.0 Å². The monoisotopic (exact) mass is 279 g/mol. The fraction of sp³-hybridized carbons (Fsp3) is 0.444. The second-order valence-corrected chi connectivity index (χ2v) is 3.49. The van der Waals surface area contributed by atoms with Gasteiger partial charge < -0.3 is 20.9 Å². The number of nitrogens with two attached hydrogens (primary N) is 1. The first-order chi connectivity index (χ1) is 8.87. The predicted molar refractivity (Wildman–Crippen MR) is 59.9 cm³/mol. The van der Waals surface area contributed by atoms with E-state index < -0.39 is 19.3 Å². The third kappa shape index (κ3) is 4.58. The van der Waals surface area contributed by atoms with Gasteiger partial charge in [-0.15, -0.1) is 0 Å². The number of oxime groups is 1. The van der Waals surface area contributed by atoms with E-state index in [2.05, 4.69) is 15.1 Å². The molecule has 0 radical (unpaired) electrons. The number of rotatable bonds is 5. The molecule has 0 aliphatic rings. The molecular weight excluding hydrogens is 267 g/mol. The Morgan fingerprint density at radius 1 is 1.47 bits per heavy atom. The molecule has 0 aliphatic heterocycles. The van der Waals surface area contributed by atoms with Gasteiger partial charge in [0.25, 0.3) is 0 Å². The average molecular weight is 279 g/mol. The van der Waals surface area contributed by atoms with Crippen molar-refractivity contribution in [3.05, 3.63) is 18.0 Å². The molecule has 0 aliphatic carbocycles. The van der Waals surface area contributed by atoms with Crippen molar-refractivity contribution in [3.8, 4) is 0 Å². The fourth-order valence-electron chi connectivity index (χ4n) is 1.28. The average Bonchev–Trinajstić information content (AvgIpc) is 2.36. The van der Waals surface area contributed by atoms with Crippen molar-refractivity contribution in [1.82, 2.24) is 9.97 Å². The Morgan fingerprint density at radius 3 is 2.68 bits per heavy atom. The Kier molecular flexibility index (Phi) is 4.87. The zero-order chi connectivity index (χ0) is 14.5. The van der Waals surface area contributed by atoms with Crippen LogP contribution in [0, 0.1) is 0 Å². The van der Waals surface area contributed by atoms with E-state index in [0.29, 0.717) is 0 Å². The molecule has 0 aromatic carbocycles. The van der Waals surface area contributed by atoms with Gasteiger partial charge in [-0.3, -0.25) is 0 Å². The van der Waals surface area contributed by atoms with Gasteiger partial charge in [-0.1, -0.05) is 5.16 Å². The van der Waals surface area contributed by atoms with E-state index in [1.165, 1.54) is 12.3 Å². The molecule has 4 N–H and O–H groups in total. The first kappa shape index (κ1) is 15.0. The maximum absolute atomic E-state index is 12.4. The molecule has 0 atom stereocenters. The van der Waals surface area contributed by atoms with Crippen LogP contribution in [0.3, 0.4) is 0 Å². The maximum Gasteiger partial charge on any atom is 0.406 e. The molecule has 0 amide bonds. The summed E-state index contributed by atoms with van der Waals surface area (Å²) in [5, 5.41) is 19.9. The highest BCUT2D eigenvalue weighted by molar-refractivity contribution is 5.95. The smallest absolute Gasteiger partial charge is 0.406 e. The number of hydrogen-bond donors (Lipinski definition) is 3. The lowest BCUT2D eigenvalue weighted by Gasteiger charge is -2.23.